The van der Waals surface area contributed by atoms with E-state index in [1.54, 1.807) is 17.1 Å². The Morgan fingerprint density at radius 3 is 0.979 bits per heavy atom. The van der Waals surface area contributed by atoms with Crippen LogP contribution in [0.2, 0.25) is 0 Å². The summed E-state index contributed by atoms with van der Waals surface area (Å²) in [5.74, 6) is 1.34. The molecule has 8 N–H and O–H groups in total. The molecule has 8 fully saturated rings. The first kappa shape index (κ1) is 96.0. The molecule has 48 heteroatoms. The highest BCUT2D eigenvalue weighted by Crippen LogP contribution is 2.44. The lowest BCUT2D eigenvalue weighted by Crippen LogP contribution is -2.35. The van der Waals surface area contributed by atoms with Gasteiger partial charge in [-0.05, 0) is 141 Å². The largest absolute Gasteiger partial charge is 0.494 e. The summed E-state index contributed by atoms with van der Waals surface area (Å²) in [4.78, 5) is 45.1. The Hall–Kier alpha value is -14.2. The van der Waals surface area contributed by atoms with Crippen molar-refractivity contribution in [2.45, 2.75) is 177 Å². The van der Waals surface area contributed by atoms with Gasteiger partial charge in [-0.1, -0.05) is 0 Å². The third-order valence-corrected chi connectivity index (χ3v) is 28.9. The van der Waals surface area contributed by atoms with Gasteiger partial charge >= 0.3 is 0 Å². The van der Waals surface area contributed by atoms with Crippen LogP contribution in [0.4, 0.5) is 81.7 Å². The van der Waals surface area contributed by atoms with Gasteiger partial charge in [0.25, 0.3) is 12.9 Å². The molecule has 0 saturated carbocycles. The van der Waals surface area contributed by atoms with E-state index >= 15 is 0 Å². The molecule has 760 valence electrons. The first-order valence-corrected chi connectivity index (χ1v) is 48.8. The van der Waals surface area contributed by atoms with Crippen LogP contribution >= 0.6 is 0 Å². The van der Waals surface area contributed by atoms with Crippen LogP contribution < -0.4 is 61.5 Å². The number of methoxy groups -OCH3 is 4. The second kappa shape index (κ2) is 40.6. The lowest BCUT2D eigenvalue weighted by Gasteiger charge is -2.33. The second-order valence-corrected chi connectivity index (χ2v) is 37.7. The van der Waals surface area contributed by atoms with Gasteiger partial charge in [-0.15, -0.1) is 20.4 Å². The second-order valence-electron chi connectivity index (χ2n) is 37.7. The lowest BCUT2D eigenvalue weighted by atomic mass is 9.97. The fourth-order valence-electron chi connectivity index (χ4n) is 21.4. The fraction of sp³-hybridized carbons (Fsp3) is 0.500. The number of alkyl halides is 4. The van der Waals surface area contributed by atoms with Crippen LogP contribution in [0.3, 0.4) is 0 Å². The zero-order valence-electron chi connectivity index (χ0n) is 80.5. The van der Waals surface area contributed by atoms with E-state index < -0.39 is 36.1 Å². The van der Waals surface area contributed by atoms with Crippen molar-refractivity contribution in [2.24, 2.45) is 0 Å². The zero-order valence-corrected chi connectivity index (χ0v) is 80.5. The Balaban J connectivity index is 0.000000113. The number of anilines is 8. The number of nitrogen functional groups attached to an aromatic ring is 4. The maximum absolute atomic E-state index is 14.5. The van der Waals surface area contributed by atoms with Crippen LogP contribution in [0.15, 0.2) is 73.3 Å². The average Bonchev–Trinajstić information content (AvgIpc) is 1.60. The summed E-state index contributed by atoms with van der Waals surface area (Å²) in [7, 11) is 5.60. The minimum Gasteiger partial charge on any atom is -0.494 e. The summed E-state index contributed by atoms with van der Waals surface area (Å²) in [6, 6.07) is 12.1. The highest BCUT2D eigenvalue weighted by molar-refractivity contribution is 5.96. The molecule has 20 heterocycles. The van der Waals surface area contributed by atoms with Crippen LogP contribution in [-0.4, -0.2) is 251 Å². The Morgan fingerprint density at radius 2 is 0.639 bits per heavy atom. The summed E-state index contributed by atoms with van der Waals surface area (Å²) in [6.07, 6.45) is 15.9. The van der Waals surface area contributed by atoms with Crippen molar-refractivity contribution in [1.82, 2.24) is 117 Å². The summed E-state index contributed by atoms with van der Waals surface area (Å²) < 4.78 is 170. The maximum atomic E-state index is 14.5. The van der Waals surface area contributed by atoms with E-state index in [-0.39, 0.29) is 93.9 Å². The number of nitrogens with zero attached hydrogens (tertiary/aromatic N) is 28. The number of rotatable bonds is 18. The topological polar surface area (TPSA) is 434 Å². The van der Waals surface area contributed by atoms with Gasteiger partial charge in [0.15, 0.2) is 97.8 Å². The summed E-state index contributed by atoms with van der Waals surface area (Å²) in [5, 5.41) is 38.7. The SMILES string of the molecule is COc1cc2nc(N)n3nc([C@@H]4CCCN(c5cn(C6CCOCC6)nc5C(F)F)C4)nc3c2cc1F.COc1cc2nc(N)n3nc([C@@H]4CCCN(c5cn(C6CCOCC6)nc5C)C4)nc3c2cc1F.COc1cc2nc(N)n3nc([C@@H]4CCCN(c5cnn(C6CCOCC6)c5C(F)F)C4)nc3c2cc1F.COc1cc2nc(N)n3nc([C@@H]4CCCN(c5cnn(C6CCOCC6)c5C)C4)nc3c2cc1F. The number of halogens is 8. The van der Waals surface area contributed by atoms with Gasteiger partial charge in [-0.2, -0.15) is 38.5 Å². The Kier molecular flexibility index (Phi) is 27.0. The molecule has 0 radical (unpaired) electrons. The first-order chi connectivity index (χ1) is 69.9. The normalized spacial score (nSPS) is 19.5. The summed E-state index contributed by atoms with van der Waals surface area (Å²) in [5.41, 5.74) is 33.5. The number of piperidine rings is 4. The number of nitrogens with two attached hydrogens (primary N) is 4. The molecule has 8 aliphatic rings. The predicted molar refractivity (Wildman–Crippen MR) is 518 cm³/mol. The van der Waals surface area contributed by atoms with Gasteiger partial charge in [0, 0.05) is 187 Å². The van der Waals surface area contributed by atoms with E-state index in [1.165, 1.54) is 105 Å². The number of aromatic nitrogens is 24. The monoisotopic (exact) mass is 1990 g/mol. The molecule has 4 aromatic carbocycles. The van der Waals surface area contributed by atoms with Crippen molar-refractivity contribution in [3.63, 3.8) is 0 Å². The molecule has 4 atom stereocenters. The molecule has 0 aliphatic carbocycles. The maximum Gasteiger partial charge on any atom is 0.284 e. The number of fused-ring (bicyclic) bond motifs is 12. The molecule has 0 unspecified atom stereocenters. The minimum atomic E-state index is -2.69. The van der Waals surface area contributed by atoms with Crippen molar-refractivity contribution in [3.8, 4) is 23.0 Å². The van der Waals surface area contributed by atoms with Gasteiger partial charge in [0.2, 0.25) is 23.8 Å². The smallest absolute Gasteiger partial charge is 0.284 e. The van der Waals surface area contributed by atoms with Crippen LogP contribution in [-0.2, 0) is 18.9 Å². The molecule has 12 aromatic heterocycles. The number of hydrogen-bond acceptors (Lipinski definition) is 32. The van der Waals surface area contributed by atoms with Crippen molar-refractivity contribution < 1.29 is 73.0 Å². The highest BCUT2D eigenvalue weighted by Gasteiger charge is 2.39. The van der Waals surface area contributed by atoms with E-state index in [0.29, 0.717) is 178 Å². The number of hydrogen-bond donors (Lipinski definition) is 4. The molecule has 40 nitrogen and oxygen atoms in total. The van der Waals surface area contributed by atoms with Gasteiger partial charge < -0.3 is 80.4 Å². The molecule has 8 aliphatic heterocycles. The van der Waals surface area contributed by atoms with Crippen molar-refractivity contribution in [2.75, 3.05) is 176 Å². The zero-order chi connectivity index (χ0) is 99.6. The predicted octanol–water partition coefficient (Wildman–Crippen LogP) is 14.2. The minimum absolute atomic E-state index is 0.0449. The molecule has 0 bridgehead atoms. The van der Waals surface area contributed by atoms with E-state index in [1.807, 2.05) is 16.0 Å². The van der Waals surface area contributed by atoms with Crippen LogP contribution in [0, 0.1) is 37.1 Å². The van der Waals surface area contributed by atoms with Gasteiger partial charge in [-0.25, -0.2) is 75.0 Å². The van der Waals surface area contributed by atoms with E-state index in [0.717, 1.165) is 160 Å². The number of ether oxygens (including phenoxy) is 8. The van der Waals surface area contributed by atoms with Crippen molar-refractivity contribution in [3.05, 3.63) is 143 Å². The molecular weight excluding hydrogens is 1880 g/mol. The molecule has 8 saturated heterocycles. The van der Waals surface area contributed by atoms with E-state index in [4.69, 9.17) is 101 Å². The Morgan fingerprint density at radius 1 is 0.340 bits per heavy atom. The molecule has 144 heavy (non-hydrogen) atoms. The first-order valence-electron chi connectivity index (χ1n) is 48.8. The van der Waals surface area contributed by atoms with Crippen LogP contribution in [0.5, 0.6) is 23.0 Å². The molecular formula is C96H112F8N32O8. The average molecular weight is 1990 g/mol. The molecule has 16 aromatic rings. The number of benzene rings is 4. The van der Waals surface area contributed by atoms with Crippen molar-refractivity contribution in [1.29, 1.82) is 0 Å². The molecule has 0 amide bonds. The van der Waals surface area contributed by atoms with E-state index in [2.05, 4.69) is 79.5 Å². The lowest BCUT2D eigenvalue weighted by molar-refractivity contribution is 0.0595. The van der Waals surface area contributed by atoms with Crippen LogP contribution in [0.1, 0.15) is 209 Å². The number of aryl methyl sites for hydroxylation is 1. The Bertz CT molecular complexity index is 7100. The quantitative estimate of drug-likeness (QED) is 0.0580. The van der Waals surface area contributed by atoms with Crippen LogP contribution in [0.25, 0.3) is 66.2 Å². The fourth-order valence-corrected chi connectivity index (χ4v) is 21.4. The highest BCUT2D eigenvalue weighted by atomic mass is 19.3. The third-order valence-electron chi connectivity index (χ3n) is 28.9. The van der Waals surface area contributed by atoms with Gasteiger partial charge in [0.05, 0.1) is 121 Å². The van der Waals surface area contributed by atoms with Gasteiger partial charge in [-0.3, -0.25) is 18.7 Å². The van der Waals surface area contributed by atoms with E-state index in [9.17, 15) is 35.1 Å². The van der Waals surface area contributed by atoms with Crippen molar-refractivity contribution >= 4 is 113 Å². The summed E-state index contributed by atoms with van der Waals surface area (Å²) >= 11 is 0. The molecule has 24 rings (SSSR count). The Labute approximate surface area is 818 Å². The molecule has 0 spiro atoms. The summed E-state index contributed by atoms with van der Waals surface area (Å²) in [6.45, 7) is 15.3. The standard InChI is InChI=1S/2C24H27F3N8O2.2C24H29FN8O2/c1-36-19-10-17-15(9-16(19)25)23-31-22(32-35(23)24(28)30-17)13-3-2-6-33(12-13)18-11-29-34(20(18)21(26)27)14-4-7-37-8-5-14;1-36-19-10-17-15(9-16(19)25)23-30-22(32-35(23)24(28)29-17)13-3-2-6-33(11-13)18-12-34(31-20(18)21(26)27)14-4-7-37-8-5-14;1-14-20(12-27-32(14)16-5-8-35-9-6-16)31-7-3-4-15(13-31)22-29-23-17-10-18(25)21(34-2)11-19(17)28-24(26)33(23)30-22;1-14-20(13-32(29-14)16-5-8-35-9-6-16)31-7-3-4-15(12-31)22-28-23-17-10-18(25)21(34-2)11-19(17)27-24(26)33(23)30-22/h9-11,13-14,21H,2-8,12H2,1H3,(H2,28,30);9-10,12-14,21H,2-8,11H2,1H3,(H2,28,29);10-12,15-16H,3-9,13H2,1-2H3,(H2,26,28);10-11,13,15-16H,3-9,12H2,1-2H3,(H2,26,27)/t2*13-;2*15-/m1111/s1. The third kappa shape index (κ3) is 18.7. The van der Waals surface area contributed by atoms with Gasteiger partial charge in [0.1, 0.15) is 5.69 Å².